The van der Waals surface area contributed by atoms with E-state index in [1.165, 1.54) is 19.0 Å². The number of nitrogens with one attached hydrogen (secondary N) is 3. The molecule has 1 saturated heterocycles. The van der Waals surface area contributed by atoms with Gasteiger partial charge in [0.25, 0.3) is 11.5 Å². The van der Waals surface area contributed by atoms with Crippen LogP contribution in [0, 0.1) is 17.5 Å². The molecular weight excluding hydrogens is 533 g/mol. The highest BCUT2D eigenvalue weighted by Crippen LogP contribution is 2.31. The van der Waals surface area contributed by atoms with E-state index in [9.17, 15) is 22.8 Å². The van der Waals surface area contributed by atoms with Crippen molar-refractivity contribution in [2.24, 2.45) is 0 Å². The Bertz CT molecular complexity index is 1700. The smallest absolute Gasteiger partial charge is 0.261 e. The minimum atomic E-state index is -1.25. The number of H-pyrrole nitrogens is 2. The largest absolute Gasteiger partial charge is 0.381 e. The molecule has 4 aromatic rings. The van der Waals surface area contributed by atoms with Gasteiger partial charge >= 0.3 is 0 Å². The molecule has 0 bridgehead atoms. The molecule has 0 unspecified atom stereocenters. The molecule has 214 valence electrons. The molecule has 2 atom stereocenters. The molecular formula is C30H31F3N6O2. The molecule has 0 aliphatic carbocycles. The van der Waals surface area contributed by atoms with E-state index in [4.69, 9.17) is 0 Å². The van der Waals surface area contributed by atoms with Crippen LogP contribution in [0.2, 0.25) is 0 Å². The highest BCUT2D eigenvalue weighted by atomic mass is 19.2. The summed E-state index contributed by atoms with van der Waals surface area (Å²) in [6.07, 6.45) is 3.84. The van der Waals surface area contributed by atoms with Gasteiger partial charge in [0.1, 0.15) is 17.2 Å². The van der Waals surface area contributed by atoms with Crippen LogP contribution in [0.4, 0.5) is 18.9 Å². The van der Waals surface area contributed by atoms with Crippen LogP contribution in [-0.4, -0.2) is 62.4 Å². The quantitative estimate of drug-likeness (QED) is 0.267. The monoisotopic (exact) mass is 564 g/mol. The summed E-state index contributed by atoms with van der Waals surface area (Å²) in [5.41, 5.74) is 2.91. The summed E-state index contributed by atoms with van der Waals surface area (Å²) >= 11 is 0. The summed E-state index contributed by atoms with van der Waals surface area (Å²) in [7, 11) is 0. The molecule has 8 nitrogen and oxygen atoms in total. The van der Waals surface area contributed by atoms with Gasteiger partial charge in [0.15, 0.2) is 11.6 Å². The summed E-state index contributed by atoms with van der Waals surface area (Å²) in [4.78, 5) is 40.9. The highest BCUT2D eigenvalue weighted by molar-refractivity contribution is 6.02. The summed E-state index contributed by atoms with van der Waals surface area (Å²) in [6.45, 7) is 7.06. The summed E-state index contributed by atoms with van der Waals surface area (Å²) in [5, 5.41) is 3.15. The zero-order valence-corrected chi connectivity index (χ0v) is 22.9. The Morgan fingerprint density at radius 3 is 2.76 bits per heavy atom. The number of imidazole rings is 1. The number of aromatic nitrogens is 3. The van der Waals surface area contributed by atoms with Crippen LogP contribution in [-0.2, 0) is 13.0 Å². The van der Waals surface area contributed by atoms with Crippen molar-refractivity contribution in [2.75, 3.05) is 25.0 Å². The normalized spacial score (nSPS) is 17.9. The zero-order chi connectivity index (χ0) is 28.8. The van der Waals surface area contributed by atoms with Crippen LogP contribution in [0.3, 0.4) is 0 Å². The number of benzene rings is 2. The summed E-state index contributed by atoms with van der Waals surface area (Å²) < 4.78 is 41.6. The van der Waals surface area contributed by atoms with Gasteiger partial charge < -0.3 is 20.2 Å². The lowest BCUT2D eigenvalue weighted by Gasteiger charge is -2.24. The summed E-state index contributed by atoms with van der Waals surface area (Å²) in [5.74, 6) is -2.93. The van der Waals surface area contributed by atoms with E-state index in [1.807, 2.05) is 11.0 Å². The molecule has 2 aliphatic heterocycles. The number of amides is 1. The number of hydrogen-bond acceptors (Lipinski definition) is 5. The second kappa shape index (κ2) is 10.7. The van der Waals surface area contributed by atoms with E-state index in [0.717, 1.165) is 24.7 Å². The van der Waals surface area contributed by atoms with Gasteiger partial charge in [0, 0.05) is 49.5 Å². The maximum atomic E-state index is 14.2. The molecule has 3 N–H and O–H groups in total. The van der Waals surface area contributed by atoms with E-state index < -0.39 is 29.1 Å². The van der Waals surface area contributed by atoms with Crippen LogP contribution in [0.5, 0.6) is 0 Å². The molecule has 11 heteroatoms. The van der Waals surface area contributed by atoms with Crippen molar-refractivity contribution >= 4 is 22.6 Å². The minimum Gasteiger partial charge on any atom is -0.381 e. The van der Waals surface area contributed by atoms with Gasteiger partial charge in [-0.15, -0.1) is 0 Å². The minimum absolute atomic E-state index is 0.0190. The number of fused-ring (bicyclic) bond motifs is 2. The molecule has 6 rings (SSSR count). The van der Waals surface area contributed by atoms with Crippen LogP contribution < -0.4 is 10.9 Å². The van der Waals surface area contributed by atoms with Gasteiger partial charge in [-0.3, -0.25) is 14.5 Å². The Hall–Kier alpha value is -4.12. The first-order valence-corrected chi connectivity index (χ1v) is 13.9. The number of aromatic amines is 2. The van der Waals surface area contributed by atoms with Crippen LogP contribution in [0.1, 0.15) is 48.2 Å². The van der Waals surface area contributed by atoms with Crippen molar-refractivity contribution in [3.05, 3.63) is 81.0 Å². The topological polar surface area (TPSA) is 97.1 Å². The van der Waals surface area contributed by atoms with Crippen molar-refractivity contribution in [1.82, 2.24) is 24.8 Å². The van der Waals surface area contributed by atoms with Gasteiger partial charge in [0.2, 0.25) is 0 Å². The molecule has 0 saturated carbocycles. The average molecular weight is 565 g/mol. The number of rotatable bonds is 8. The van der Waals surface area contributed by atoms with Gasteiger partial charge in [-0.25, -0.2) is 18.2 Å². The molecule has 2 aromatic heterocycles. The number of likely N-dealkylation sites (tertiary alicyclic amines) is 1. The fourth-order valence-corrected chi connectivity index (χ4v) is 5.99. The maximum absolute atomic E-state index is 14.2. The van der Waals surface area contributed by atoms with Crippen LogP contribution in [0.25, 0.3) is 22.4 Å². The van der Waals surface area contributed by atoms with Crippen molar-refractivity contribution < 1.29 is 18.0 Å². The molecule has 4 heterocycles. The highest BCUT2D eigenvalue weighted by Gasteiger charge is 2.30. The van der Waals surface area contributed by atoms with Crippen LogP contribution >= 0.6 is 0 Å². The Morgan fingerprint density at radius 2 is 1.98 bits per heavy atom. The standard InChI is InChI=1S/C30H31F3N6O2/c1-16(10-18-11-20(31)13-22(32)27(18)33)35-23-5-6-34-29(40)26(23)28-36-24-12-19-15-39(9-8-38-7-3-4-17(38)2)30(41)21(19)14-25(24)37-28/h5-6,11-14,16-17H,3-4,7-10,15H2,1-2H3,(H,36,37)(H2,34,35,40)/t16-,17+/m0/s1. The van der Waals surface area contributed by atoms with E-state index in [1.54, 1.807) is 19.1 Å². The van der Waals surface area contributed by atoms with E-state index in [-0.39, 0.29) is 23.5 Å². The fourth-order valence-electron chi connectivity index (χ4n) is 5.99. The van der Waals surface area contributed by atoms with Crippen LogP contribution in [0.15, 0.2) is 41.3 Å². The number of carbonyl (C=O) groups is 1. The summed E-state index contributed by atoms with van der Waals surface area (Å²) in [6, 6.07) is 6.85. The number of pyridine rings is 1. The first-order chi connectivity index (χ1) is 19.7. The Balaban J connectivity index is 1.23. The van der Waals surface area contributed by atoms with Gasteiger partial charge in [0.05, 0.1) is 16.7 Å². The molecule has 0 spiro atoms. The number of halogens is 3. The molecule has 2 aromatic carbocycles. The SMILES string of the molecule is C[C@@H]1CCCN1CCN1Cc2cc3[nH]c(-c4c(N[C@@H](C)Cc5cc(F)cc(F)c5F)cc[nH]c4=O)nc3cc2C1=O. The molecule has 0 radical (unpaired) electrons. The Kier molecular flexibility index (Phi) is 7.06. The van der Waals surface area contributed by atoms with E-state index in [2.05, 4.69) is 32.1 Å². The van der Waals surface area contributed by atoms with Crippen molar-refractivity contribution in [1.29, 1.82) is 0 Å². The lowest BCUT2D eigenvalue weighted by Crippen LogP contribution is -2.36. The second-order valence-electron chi connectivity index (χ2n) is 11.1. The third-order valence-corrected chi connectivity index (χ3v) is 8.13. The second-order valence-corrected chi connectivity index (χ2v) is 11.1. The predicted octanol–water partition coefficient (Wildman–Crippen LogP) is 4.82. The van der Waals surface area contributed by atoms with Gasteiger partial charge in [-0.05, 0) is 75.0 Å². The Morgan fingerprint density at radius 1 is 1.15 bits per heavy atom. The lowest BCUT2D eigenvalue weighted by atomic mass is 10.1. The van der Waals surface area contributed by atoms with Gasteiger partial charge in [-0.2, -0.15) is 0 Å². The van der Waals surface area contributed by atoms with Crippen molar-refractivity contribution in [3.63, 3.8) is 0 Å². The number of hydrogen-bond donors (Lipinski definition) is 3. The third-order valence-electron chi connectivity index (χ3n) is 8.13. The first-order valence-electron chi connectivity index (χ1n) is 13.9. The molecule has 41 heavy (non-hydrogen) atoms. The zero-order valence-electron chi connectivity index (χ0n) is 22.9. The van der Waals surface area contributed by atoms with Crippen molar-refractivity contribution in [2.45, 2.75) is 51.7 Å². The molecule has 2 aliphatic rings. The number of nitrogens with zero attached hydrogens (tertiary/aromatic N) is 3. The third kappa shape index (κ3) is 5.21. The van der Waals surface area contributed by atoms with E-state index >= 15 is 0 Å². The number of carbonyl (C=O) groups excluding carboxylic acids is 1. The first kappa shape index (κ1) is 27.1. The lowest BCUT2D eigenvalue weighted by molar-refractivity contribution is 0.0756. The van der Waals surface area contributed by atoms with E-state index in [0.29, 0.717) is 53.3 Å². The average Bonchev–Trinajstić information content (AvgIpc) is 3.61. The Labute approximate surface area is 234 Å². The predicted molar refractivity (Wildman–Crippen MR) is 150 cm³/mol. The van der Waals surface area contributed by atoms with Gasteiger partial charge in [-0.1, -0.05) is 0 Å². The molecule has 1 amide bonds. The number of anilines is 1. The maximum Gasteiger partial charge on any atom is 0.261 e. The molecule has 1 fully saturated rings. The fraction of sp³-hybridized carbons (Fsp3) is 0.367. The van der Waals surface area contributed by atoms with Crippen molar-refractivity contribution in [3.8, 4) is 11.4 Å².